The number of hydrogen-bond donors (Lipinski definition) is 3. The zero-order valence-electron chi connectivity index (χ0n) is 13.5. The number of nitrogens with two attached hydrogens (primary N) is 1. The first-order chi connectivity index (χ1) is 10.5. The van der Waals surface area contributed by atoms with Crippen LogP contribution in [0.2, 0.25) is 0 Å². The van der Waals surface area contributed by atoms with Crippen LogP contribution < -0.4 is 21.1 Å². The summed E-state index contributed by atoms with van der Waals surface area (Å²) < 4.78 is 5.57. The molecule has 4 N–H and O–H groups in total. The molecule has 1 fully saturated rings. The standard InChI is InChI=1S/C16H24N4O2.HI/c1-11(2)22-14-7-5-13(6-8-14)20-16(17)19-10-9-18-15(21)12-3-4-12;/h5-8,11-12H,3-4,9-10H2,1-2H3,(H,18,21)(H3,17,19,20);1H. The highest BCUT2D eigenvalue weighted by atomic mass is 127. The van der Waals surface area contributed by atoms with Gasteiger partial charge in [0.15, 0.2) is 5.96 Å². The maximum Gasteiger partial charge on any atom is 0.223 e. The van der Waals surface area contributed by atoms with Gasteiger partial charge in [0.05, 0.1) is 12.6 Å². The number of anilines is 1. The van der Waals surface area contributed by atoms with Crippen molar-refractivity contribution in [1.82, 2.24) is 5.32 Å². The SMILES string of the molecule is CC(C)Oc1ccc(NC(N)=NCCNC(=O)C2CC2)cc1.I. The van der Waals surface area contributed by atoms with Crippen molar-refractivity contribution in [3.8, 4) is 5.75 Å². The van der Waals surface area contributed by atoms with Gasteiger partial charge in [-0.15, -0.1) is 24.0 Å². The number of aliphatic imine (C=N–C) groups is 1. The molecule has 1 amide bonds. The Labute approximate surface area is 154 Å². The quantitative estimate of drug-likeness (QED) is 0.267. The van der Waals surface area contributed by atoms with E-state index in [1.54, 1.807) is 0 Å². The Kier molecular flexibility index (Phi) is 8.15. The van der Waals surface area contributed by atoms with Gasteiger partial charge in [-0.25, -0.2) is 0 Å². The van der Waals surface area contributed by atoms with Crippen LogP contribution in [0.15, 0.2) is 29.3 Å². The second kappa shape index (κ2) is 9.59. The zero-order chi connectivity index (χ0) is 15.9. The molecule has 0 aliphatic heterocycles. The molecule has 0 atom stereocenters. The fourth-order valence-corrected chi connectivity index (χ4v) is 1.92. The van der Waals surface area contributed by atoms with Gasteiger partial charge in [0.25, 0.3) is 0 Å². The van der Waals surface area contributed by atoms with Crippen molar-refractivity contribution in [1.29, 1.82) is 0 Å². The summed E-state index contributed by atoms with van der Waals surface area (Å²) in [4.78, 5) is 15.6. The maximum atomic E-state index is 11.4. The lowest BCUT2D eigenvalue weighted by Crippen LogP contribution is -2.29. The van der Waals surface area contributed by atoms with Gasteiger partial charge in [-0.3, -0.25) is 9.79 Å². The van der Waals surface area contributed by atoms with E-state index in [1.165, 1.54) is 0 Å². The van der Waals surface area contributed by atoms with Crippen molar-refractivity contribution in [3.05, 3.63) is 24.3 Å². The number of nitrogens with one attached hydrogen (secondary N) is 2. The van der Waals surface area contributed by atoms with Crippen molar-refractivity contribution >= 4 is 41.5 Å². The van der Waals surface area contributed by atoms with E-state index >= 15 is 0 Å². The third kappa shape index (κ3) is 7.54. The molecule has 2 rings (SSSR count). The van der Waals surface area contributed by atoms with E-state index in [2.05, 4.69) is 15.6 Å². The molecule has 1 aromatic carbocycles. The Balaban J connectivity index is 0.00000264. The Bertz CT molecular complexity index is 527. The number of ether oxygens (including phenoxy) is 1. The van der Waals surface area contributed by atoms with Crippen LogP contribution in [0.5, 0.6) is 5.75 Å². The highest BCUT2D eigenvalue weighted by molar-refractivity contribution is 14.0. The van der Waals surface area contributed by atoms with Crippen LogP contribution in [0, 0.1) is 5.92 Å². The second-order valence-electron chi connectivity index (χ2n) is 5.65. The predicted molar refractivity (Wildman–Crippen MR) is 103 cm³/mol. The molecule has 23 heavy (non-hydrogen) atoms. The summed E-state index contributed by atoms with van der Waals surface area (Å²) >= 11 is 0. The van der Waals surface area contributed by atoms with Crippen LogP contribution in [0.3, 0.4) is 0 Å². The Morgan fingerprint density at radius 2 is 2.00 bits per heavy atom. The average Bonchev–Trinajstić information content (AvgIpc) is 3.29. The minimum absolute atomic E-state index is 0. The van der Waals surface area contributed by atoms with Crippen molar-refractivity contribution < 1.29 is 9.53 Å². The summed E-state index contributed by atoms with van der Waals surface area (Å²) in [7, 11) is 0. The molecule has 6 nitrogen and oxygen atoms in total. The van der Waals surface area contributed by atoms with E-state index in [-0.39, 0.29) is 41.9 Å². The van der Waals surface area contributed by atoms with E-state index in [0.717, 1.165) is 24.3 Å². The number of carbonyl (C=O) groups excluding carboxylic acids is 1. The lowest BCUT2D eigenvalue weighted by Gasteiger charge is -2.11. The van der Waals surface area contributed by atoms with Crippen molar-refractivity contribution in [2.24, 2.45) is 16.6 Å². The number of carbonyl (C=O) groups is 1. The number of nitrogens with zero attached hydrogens (tertiary/aromatic N) is 1. The molecular formula is C16H25IN4O2. The van der Waals surface area contributed by atoms with E-state index in [1.807, 2.05) is 38.1 Å². The van der Waals surface area contributed by atoms with E-state index in [0.29, 0.717) is 19.0 Å². The Hall–Kier alpha value is -1.51. The summed E-state index contributed by atoms with van der Waals surface area (Å²) in [5.74, 6) is 1.51. The monoisotopic (exact) mass is 432 g/mol. The number of halogens is 1. The van der Waals surface area contributed by atoms with Crippen molar-refractivity contribution in [3.63, 3.8) is 0 Å². The topological polar surface area (TPSA) is 88.7 Å². The summed E-state index contributed by atoms with van der Waals surface area (Å²) in [6, 6.07) is 7.53. The molecule has 0 aromatic heterocycles. The van der Waals surface area contributed by atoms with Gasteiger partial charge in [0.2, 0.25) is 5.91 Å². The fraction of sp³-hybridized carbons (Fsp3) is 0.500. The molecule has 1 aliphatic rings. The first-order valence-electron chi connectivity index (χ1n) is 7.66. The zero-order valence-corrected chi connectivity index (χ0v) is 15.9. The summed E-state index contributed by atoms with van der Waals surface area (Å²) in [5.41, 5.74) is 6.66. The Morgan fingerprint density at radius 3 is 2.57 bits per heavy atom. The third-order valence-corrected chi connectivity index (χ3v) is 3.14. The van der Waals surface area contributed by atoms with Gasteiger partial charge in [0, 0.05) is 18.2 Å². The minimum Gasteiger partial charge on any atom is -0.491 e. The van der Waals surface area contributed by atoms with E-state index < -0.39 is 0 Å². The molecule has 0 heterocycles. The summed E-state index contributed by atoms with van der Waals surface area (Å²) in [6.07, 6.45) is 2.17. The maximum absolute atomic E-state index is 11.4. The van der Waals surface area contributed by atoms with Gasteiger partial charge in [-0.2, -0.15) is 0 Å². The molecule has 128 valence electrons. The lowest BCUT2D eigenvalue weighted by atomic mass is 10.3. The molecule has 0 spiro atoms. The average molecular weight is 432 g/mol. The molecule has 0 radical (unpaired) electrons. The molecule has 1 aromatic rings. The molecule has 1 saturated carbocycles. The number of hydrogen-bond acceptors (Lipinski definition) is 3. The predicted octanol–water partition coefficient (Wildman–Crippen LogP) is 2.34. The van der Waals surface area contributed by atoms with Crippen molar-refractivity contribution in [2.75, 3.05) is 18.4 Å². The van der Waals surface area contributed by atoms with Gasteiger partial charge >= 0.3 is 0 Å². The number of rotatable bonds is 7. The van der Waals surface area contributed by atoms with E-state index in [4.69, 9.17) is 10.5 Å². The largest absolute Gasteiger partial charge is 0.491 e. The van der Waals surface area contributed by atoms with Gasteiger partial charge in [0.1, 0.15) is 5.75 Å². The number of benzene rings is 1. The summed E-state index contributed by atoms with van der Waals surface area (Å²) in [6.45, 7) is 4.95. The molecular weight excluding hydrogens is 407 g/mol. The van der Waals surface area contributed by atoms with Gasteiger partial charge < -0.3 is 21.1 Å². The van der Waals surface area contributed by atoms with Crippen LogP contribution in [0.4, 0.5) is 5.69 Å². The minimum atomic E-state index is 0. The van der Waals surface area contributed by atoms with Crippen LogP contribution in [0.25, 0.3) is 0 Å². The molecule has 0 bridgehead atoms. The third-order valence-electron chi connectivity index (χ3n) is 3.14. The van der Waals surface area contributed by atoms with Crippen LogP contribution in [-0.4, -0.2) is 31.1 Å². The second-order valence-corrected chi connectivity index (χ2v) is 5.65. The van der Waals surface area contributed by atoms with Gasteiger partial charge in [-0.05, 0) is 51.0 Å². The molecule has 0 unspecified atom stereocenters. The molecule has 1 aliphatic carbocycles. The van der Waals surface area contributed by atoms with Crippen LogP contribution in [-0.2, 0) is 4.79 Å². The van der Waals surface area contributed by atoms with Crippen LogP contribution >= 0.6 is 24.0 Å². The smallest absolute Gasteiger partial charge is 0.223 e. The van der Waals surface area contributed by atoms with E-state index in [9.17, 15) is 4.79 Å². The highest BCUT2D eigenvalue weighted by Crippen LogP contribution is 2.28. The fourth-order valence-electron chi connectivity index (χ4n) is 1.92. The van der Waals surface area contributed by atoms with Crippen LogP contribution in [0.1, 0.15) is 26.7 Å². The molecule has 0 saturated heterocycles. The van der Waals surface area contributed by atoms with Gasteiger partial charge in [-0.1, -0.05) is 0 Å². The lowest BCUT2D eigenvalue weighted by molar-refractivity contribution is -0.122. The first kappa shape index (κ1) is 19.5. The number of guanidine groups is 1. The Morgan fingerprint density at radius 1 is 1.35 bits per heavy atom. The molecule has 7 heteroatoms. The highest BCUT2D eigenvalue weighted by Gasteiger charge is 2.28. The van der Waals surface area contributed by atoms with Crippen molar-refractivity contribution in [2.45, 2.75) is 32.8 Å². The first-order valence-corrected chi connectivity index (χ1v) is 7.66. The number of amides is 1. The normalized spacial score (nSPS) is 14.1. The summed E-state index contributed by atoms with van der Waals surface area (Å²) in [5, 5.41) is 5.85.